The number of amides is 2. The molecule has 0 aromatic carbocycles. The van der Waals surface area contributed by atoms with Gasteiger partial charge in [0, 0.05) is 16.9 Å². The van der Waals surface area contributed by atoms with E-state index in [4.69, 9.17) is 16.9 Å². The summed E-state index contributed by atoms with van der Waals surface area (Å²) in [7, 11) is 0. The van der Waals surface area contributed by atoms with Crippen molar-refractivity contribution in [3.05, 3.63) is 27.9 Å². The number of nitrogen functional groups attached to an aromatic ring is 1. The molecule has 8 N–H and O–H groups in total. The molecule has 2 aromatic heterocycles. The fraction of sp³-hybridized carbons (Fsp3) is 0.263. The Morgan fingerprint density at radius 1 is 1.42 bits per heavy atom. The lowest BCUT2D eigenvalue weighted by Crippen LogP contribution is -2.71. The second kappa shape index (κ2) is 11.6. The van der Waals surface area contributed by atoms with E-state index in [2.05, 4.69) is 25.9 Å². The zero-order valence-corrected chi connectivity index (χ0v) is 23.0. The SMILES string of the molecule is N#Cc1c(SCC(=N)N)nsc1SCC1=C(C(=O)O)N2C(=O)[C@@H](NC(=O)/C(=N\O)c3csc(N)n3)[C@@H]2SC1. The van der Waals surface area contributed by atoms with Crippen molar-refractivity contribution in [1.82, 2.24) is 19.6 Å². The molecular weight excluding hydrogens is 595 g/mol. The lowest BCUT2D eigenvalue weighted by molar-refractivity contribution is -0.150. The highest BCUT2D eigenvalue weighted by atomic mass is 32.2. The van der Waals surface area contributed by atoms with Crippen LogP contribution in [0.25, 0.3) is 0 Å². The highest BCUT2D eigenvalue weighted by Crippen LogP contribution is 2.43. The summed E-state index contributed by atoms with van der Waals surface area (Å²) < 4.78 is 4.82. The Morgan fingerprint density at radius 3 is 2.79 bits per heavy atom. The minimum atomic E-state index is -1.29. The van der Waals surface area contributed by atoms with E-state index in [0.29, 0.717) is 20.4 Å². The molecule has 19 heteroatoms. The molecule has 0 saturated carbocycles. The molecule has 2 aromatic rings. The number of carbonyl (C=O) groups is 3. The predicted molar refractivity (Wildman–Crippen MR) is 145 cm³/mol. The maximum Gasteiger partial charge on any atom is 0.352 e. The fourth-order valence-electron chi connectivity index (χ4n) is 3.46. The first-order chi connectivity index (χ1) is 18.2. The number of amidine groups is 1. The lowest BCUT2D eigenvalue weighted by atomic mass is 10.0. The van der Waals surface area contributed by atoms with Crippen LogP contribution in [0, 0.1) is 16.7 Å². The number of thiazole rings is 1. The molecule has 0 radical (unpaired) electrons. The molecule has 4 heterocycles. The smallest absolute Gasteiger partial charge is 0.352 e. The maximum atomic E-state index is 12.9. The lowest BCUT2D eigenvalue weighted by Gasteiger charge is -2.49. The van der Waals surface area contributed by atoms with Gasteiger partial charge < -0.3 is 27.1 Å². The Labute approximate surface area is 235 Å². The van der Waals surface area contributed by atoms with Crippen LogP contribution in [0.4, 0.5) is 5.13 Å². The summed E-state index contributed by atoms with van der Waals surface area (Å²) in [6.07, 6.45) is 0. The van der Waals surface area contributed by atoms with Crippen LogP contribution in [-0.4, -0.2) is 82.6 Å². The number of anilines is 1. The highest BCUT2D eigenvalue weighted by Gasteiger charge is 2.54. The van der Waals surface area contributed by atoms with E-state index in [1.54, 1.807) is 0 Å². The van der Waals surface area contributed by atoms with Gasteiger partial charge in [-0.15, -0.1) is 34.9 Å². The number of aliphatic carboxylic acids is 1. The van der Waals surface area contributed by atoms with E-state index in [1.807, 2.05) is 0 Å². The van der Waals surface area contributed by atoms with Crippen LogP contribution in [0.3, 0.4) is 0 Å². The molecule has 14 nitrogen and oxygen atoms in total. The van der Waals surface area contributed by atoms with Crippen molar-refractivity contribution in [2.45, 2.75) is 20.7 Å². The van der Waals surface area contributed by atoms with Crippen molar-refractivity contribution in [2.75, 3.05) is 23.0 Å². The van der Waals surface area contributed by atoms with Crippen molar-refractivity contribution >= 4 is 92.6 Å². The molecule has 1 saturated heterocycles. The minimum Gasteiger partial charge on any atom is -0.477 e. The number of fused-ring (bicyclic) bond motifs is 1. The van der Waals surface area contributed by atoms with Gasteiger partial charge >= 0.3 is 5.97 Å². The van der Waals surface area contributed by atoms with Crippen molar-refractivity contribution in [3.63, 3.8) is 0 Å². The van der Waals surface area contributed by atoms with E-state index < -0.39 is 34.9 Å². The molecule has 0 aliphatic carbocycles. The molecule has 0 spiro atoms. The minimum absolute atomic E-state index is 0.0421. The number of nitriles is 1. The number of thioether (sulfide) groups is 3. The molecule has 4 rings (SSSR count). The van der Waals surface area contributed by atoms with Gasteiger partial charge in [0.25, 0.3) is 11.8 Å². The van der Waals surface area contributed by atoms with Gasteiger partial charge in [-0.1, -0.05) is 16.9 Å². The maximum absolute atomic E-state index is 12.9. The molecule has 2 aliphatic rings. The Bertz CT molecular complexity index is 1430. The number of aromatic nitrogens is 2. The number of carboxylic acid groups (broad SMARTS) is 1. The number of nitrogens with two attached hydrogens (primary N) is 2. The number of carboxylic acids is 1. The number of hydrogen-bond acceptors (Lipinski definition) is 15. The molecule has 2 amide bonds. The van der Waals surface area contributed by atoms with Crippen LogP contribution in [0.15, 0.2) is 31.0 Å². The monoisotopic (exact) mass is 611 g/mol. The summed E-state index contributed by atoms with van der Waals surface area (Å²) in [5.74, 6) is -2.16. The Hall–Kier alpha value is -3.31. The van der Waals surface area contributed by atoms with E-state index in [-0.39, 0.29) is 39.6 Å². The first kappa shape index (κ1) is 27.7. The number of nitrogens with zero attached hydrogens (tertiary/aromatic N) is 5. The zero-order chi connectivity index (χ0) is 27.6. The number of hydrogen-bond donors (Lipinski definition) is 6. The first-order valence-electron chi connectivity index (χ1n) is 10.3. The van der Waals surface area contributed by atoms with Crippen molar-refractivity contribution in [3.8, 4) is 6.07 Å². The van der Waals surface area contributed by atoms with Gasteiger partial charge in [-0.05, 0) is 17.1 Å². The summed E-state index contributed by atoms with van der Waals surface area (Å²) in [6, 6.07) is 1.06. The van der Waals surface area contributed by atoms with Crippen LogP contribution in [-0.2, 0) is 14.4 Å². The third kappa shape index (κ3) is 5.44. The summed E-state index contributed by atoms with van der Waals surface area (Å²) >= 11 is 5.81. The third-order valence-electron chi connectivity index (χ3n) is 5.10. The van der Waals surface area contributed by atoms with Crippen LogP contribution >= 0.6 is 58.2 Å². The molecule has 0 unspecified atom stereocenters. The van der Waals surface area contributed by atoms with Gasteiger partial charge in [0.2, 0.25) is 0 Å². The molecule has 38 heavy (non-hydrogen) atoms. The average Bonchev–Trinajstić information content (AvgIpc) is 3.49. The topological polar surface area (TPSA) is 245 Å². The molecule has 2 atom stereocenters. The second-order valence-corrected chi connectivity index (χ2v) is 12.5. The molecular formula is C19H17N9O5S5. The summed E-state index contributed by atoms with van der Waals surface area (Å²) in [5.41, 5.74) is 11.2. The van der Waals surface area contributed by atoms with Crippen LogP contribution in [0.1, 0.15) is 11.3 Å². The van der Waals surface area contributed by atoms with E-state index in [9.17, 15) is 30.0 Å². The summed E-state index contributed by atoms with van der Waals surface area (Å²) in [5, 5.41) is 42.9. The number of carbonyl (C=O) groups excluding carboxylic acids is 2. The van der Waals surface area contributed by atoms with Gasteiger partial charge in [-0.25, -0.2) is 9.78 Å². The quantitative estimate of drug-likeness (QED) is 0.0544. The van der Waals surface area contributed by atoms with E-state index >= 15 is 0 Å². The van der Waals surface area contributed by atoms with Crippen LogP contribution in [0.5, 0.6) is 0 Å². The van der Waals surface area contributed by atoms with Crippen LogP contribution < -0.4 is 16.8 Å². The van der Waals surface area contributed by atoms with Gasteiger partial charge in [0.15, 0.2) is 10.8 Å². The Morgan fingerprint density at radius 2 is 2.18 bits per heavy atom. The number of nitrogens with one attached hydrogen (secondary N) is 2. The first-order valence-corrected chi connectivity index (χ1v) is 15.0. The van der Waals surface area contributed by atoms with Crippen molar-refractivity contribution in [2.24, 2.45) is 10.9 Å². The predicted octanol–water partition coefficient (Wildman–Crippen LogP) is 0.791. The number of oxime groups is 1. The Kier molecular flexibility index (Phi) is 8.47. The van der Waals surface area contributed by atoms with Gasteiger partial charge in [0.1, 0.15) is 45.3 Å². The fourth-order valence-corrected chi connectivity index (χ4v) is 8.34. The molecule has 1 fully saturated rings. The molecule has 198 valence electrons. The van der Waals surface area contributed by atoms with Crippen molar-refractivity contribution in [1.29, 1.82) is 10.7 Å². The molecule has 0 bridgehead atoms. The van der Waals surface area contributed by atoms with Gasteiger partial charge in [-0.2, -0.15) is 9.64 Å². The zero-order valence-electron chi connectivity index (χ0n) is 18.9. The largest absolute Gasteiger partial charge is 0.477 e. The van der Waals surface area contributed by atoms with Crippen molar-refractivity contribution < 1.29 is 24.7 Å². The number of β-lactam (4-membered cyclic amide) rings is 1. The third-order valence-corrected chi connectivity index (χ3v) is 10.4. The highest BCUT2D eigenvalue weighted by molar-refractivity contribution is 8.02. The van der Waals surface area contributed by atoms with Gasteiger partial charge in [0.05, 0.1) is 9.96 Å². The normalized spacial score (nSPS) is 19.0. The van der Waals surface area contributed by atoms with Gasteiger partial charge in [-0.3, -0.25) is 19.9 Å². The number of rotatable bonds is 10. The standard InChI is InChI=1S/C19H17N9O5S5/c20-1-7-14(34-5-9(21)22)27-38-18(7)36-3-6-2-35-16-11(15(30)28(16)12(6)17(31)32)25-13(29)10(26-33)8-4-37-19(23)24-8/h4,11,16,33H,2-3,5H2,(H3,21,22)(H2,23,24)(H,25,29)(H,31,32)/b26-10-/t11-,16+/m1/s1. The average molecular weight is 612 g/mol. The molecule has 2 aliphatic heterocycles. The van der Waals surface area contributed by atoms with E-state index in [0.717, 1.165) is 27.8 Å². The second-order valence-electron chi connectivity index (χ2n) is 7.50. The van der Waals surface area contributed by atoms with E-state index in [1.165, 1.54) is 40.7 Å². The Balaban J connectivity index is 1.47. The summed E-state index contributed by atoms with van der Waals surface area (Å²) in [6.45, 7) is 0. The van der Waals surface area contributed by atoms with Crippen LogP contribution in [0.2, 0.25) is 0 Å². The summed E-state index contributed by atoms with van der Waals surface area (Å²) in [4.78, 5) is 42.7.